The third-order valence-corrected chi connectivity index (χ3v) is 5.75. The van der Waals surface area contributed by atoms with Crippen molar-refractivity contribution in [1.82, 2.24) is 0 Å². The second-order valence-corrected chi connectivity index (χ2v) is 8.09. The second-order valence-electron chi connectivity index (χ2n) is 8.09. The van der Waals surface area contributed by atoms with Crippen LogP contribution >= 0.6 is 0 Å². The minimum absolute atomic E-state index is 0.0000872. The molecule has 0 spiro atoms. The van der Waals surface area contributed by atoms with Crippen molar-refractivity contribution in [1.29, 1.82) is 0 Å². The molecule has 0 unspecified atom stereocenters. The Bertz CT molecular complexity index is 956. The Labute approximate surface area is 186 Å². The Morgan fingerprint density at radius 2 is 1.61 bits per heavy atom. The van der Waals surface area contributed by atoms with Crippen molar-refractivity contribution in [3.05, 3.63) is 70.8 Å². The monoisotopic (exact) mass is 476 g/mol. The largest absolute Gasteiger partial charge is 0.481 e. The van der Waals surface area contributed by atoms with E-state index in [1.54, 1.807) is 30.3 Å². The van der Waals surface area contributed by atoms with E-state index in [4.69, 9.17) is 9.47 Å². The molecule has 0 amide bonds. The Balaban J connectivity index is 2.02. The summed E-state index contributed by atoms with van der Waals surface area (Å²) in [5.74, 6) is -4.49. The molecule has 0 aliphatic carbocycles. The van der Waals surface area contributed by atoms with Gasteiger partial charge in [0, 0.05) is 0 Å². The van der Waals surface area contributed by atoms with Crippen LogP contribution in [0.15, 0.2) is 48.5 Å². The van der Waals surface area contributed by atoms with Gasteiger partial charge in [0.15, 0.2) is 5.79 Å². The van der Waals surface area contributed by atoms with E-state index >= 15 is 0 Å². The van der Waals surface area contributed by atoms with Gasteiger partial charge in [0.25, 0.3) is 0 Å². The van der Waals surface area contributed by atoms with Crippen molar-refractivity contribution in [2.24, 2.45) is 5.92 Å². The molecule has 33 heavy (non-hydrogen) atoms. The van der Waals surface area contributed by atoms with Crippen LogP contribution in [0.2, 0.25) is 0 Å². The molecule has 1 saturated heterocycles. The molecule has 0 bridgehead atoms. The fourth-order valence-electron chi connectivity index (χ4n) is 4.21. The number of carboxylic acid groups (broad SMARTS) is 1. The number of halogens is 6. The summed E-state index contributed by atoms with van der Waals surface area (Å²) in [4.78, 5) is 11.9. The van der Waals surface area contributed by atoms with Gasteiger partial charge in [0.05, 0.1) is 35.7 Å². The van der Waals surface area contributed by atoms with Crippen molar-refractivity contribution in [2.75, 3.05) is 6.61 Å². The maximum Gasteiger partial charge on any atom is 0.416 e. The van der Waals surface area contributed by atoms with E-state index in [2.05, 4.69) is 0 Å². The molecule has 3 rings (SSSR count). The van der Waals surface area contributed by atoms with Crippen molar-refractivity contribution < 1.29 is 45.7 Å². The number of aliphatic carboxylic acids is 1. The minimum Gasteiger partial charge on any atom is -0.481 e. The molecule has 1 fully saturated rings. The van der Waals surface area contributed by atoms with Gasteiger partial charge < -0.3 is 14.6 Å². The average Bonchev–Trinajstić information content (AvgIpc) is 2.72. The zero-order chi connectivity index (χ0) is 24.6. The number of hydrogen-bond acceptors (Lipinski definition) is 3. The number of carbonyl (C=O) groups is 1. The Morgan fingerprint density at radius 3 is 2.09 bits per heavy atom. The number of hydrogen-bond donors (Lipinski definition) is 1. The molecule has 0 aromatic heterocycles. The van der Waals surface area contributed by atoms with Crippen molar-refractivity contribution >= 4 is 5.97 Å². The van der Waals surface area contributed by atoms with Crippen LogP contribution in [-0.4, -0.2) is 23.5 Å². The normalized spacial score (nSPS) is 25.0. The summed E-state index contributed by atoms with van der Waals surface area (Å²) < 4.78 is 91.3. The molecular weight excluding hydrogens is 454 g/mol. The van der Waals surface area contributed by atoms with Crippen molar-refractivity contribution in [2.45, 2.75) is 50.4 Å². The first-order chi connectivity index (χ1) is 15.2. The van der Waals surface area contributed by atoms with Crippen LogP contribution in [0, 0.1) is 5.92 Å². The molecule has 180 valence electrons. The summed E-state index contributed by atoms with van der Waals surface area (Å²) in [6, 6.07) is 9.69. The summed E-state index contributed by atoms with van der Waals surface area (Å²) in [5.41, 5.74) is -2.70. The number of alkyl halides is 6. The van der Waals surface area contributed by atoms with E-state index in [0.29, 0.717) is 17.7 Å². The van der Waals surface area contributed by atoms with Gasteiger partial charge in [0.2, 0.25) is 0 Å². The smallest absolute Gasteiger partial charge is 0.416 e. The molecule has 1 aliphatic heterocycles. The molecule has 4 nitrogen and oxygen atoms in total. The molecule has 1 heterocycles. The Hall–Kier alpha value is -2.59. The van der Waals surface area contributed by atoms with Gasteiger partial charge in [-0.05, 0) is 49.6 Å². The van der Waals surface area contributed by atoms with E-state index in [0.717, 1.165) is 0 Å². The summed E-state index contributed by atoms with van der Waals surface area (Å²) in [7, 11) is 0. The first-order valence-corrected chi connectivity index (χ1v) is 10.1. The van der Waals surface area contributed by atoms with Crippen LogP contribution in [0.3, 0.4) is 0 Å². The fraction of sp³-hybridized carbons (Fsp3) is 0.435. The lowest BCUT2D eigenvalue weighted by atomic mass is 9.76. The van der Waals surface area contributed by atoms with Crippen molar-refractivity contribution in [3.8, 4) is 0 Å². The molecule has 4 atom stereocenters. The summed E-state index contributed by atoms with van der Waals surface area (Å²) in [6.45, 7) is 2.76. The van der Waals surface area contributed by atoms with Crippen molar-refractivity contribution in [3.63, 3.8) is 0 Å². The van der Waals surface area contributed by atoms with Crippen LogP contribution in [0.1, 0.15) is 54.5 Å². The van der Waals surface area contributed by atoms with Gasteiger partial charge in [-0.3, -0.25) is 4.79 Å². The van der Waals surface area contributed by atoms with Gasteiger partial charge in [-0.2, -0.15) is 26.3 Å². The van der Waals surface area contributed by atoms with E-state index in [1.165, 1.54) is 13.8 Å². The molecule has 1 aliphatic rings. The number of carboxylic acids is 1. The number of ether oxygens (including phenoxy) is 2. The molecule has 1 N–H and O–H groups in total. The van der Waals surface area contributed by atoms with Gasteiger partial charge >= 0.3 is 18.3 Å². The lowest BCUT2D eigenvalue weighted by Crippen LogP contribution is -2.49. The highest BCUT2D eigenvalue weighted by Gasteiger charge is 2.49. The van der Waals surface area contributed by atoms with E-state index < -0.39 is 53.2 Å². The van der Waals surface area contributed by atoms with Crippen LogP contribution in [0.5, 0.6) is 0 Å². The first kappa shape index (κ1) is 25.0. The van der Waals surface area contributed by atoms with Crippen LogP contribution in [0.25, 0.3) is 0 Å². The topological polar surface area (TPSA) is 55.8 Å². The Kier molecular flexibility index (Phi) is 6.82. The predicted octanol–water partition coefficient (Wildman–Crippen LogP) is 6.42. The third-order valence-electron chi connectivity index (χ3n) is 5.75. The SMILES string of the molecule is C[C@@H](O[C@@]1(C)OCC[C@@H](C(=O)O)[C@@H]1c1ccccc1)c1cc(C(F)(F)F)cc(C(F)(F)F)c1. The molecule has 0 saturated carbocycles. The van der Waals surface area contributed by atoms with Crippen LogP contribution < -0.4 is 0 Å². The Morgan fingerprint density at radius 1 is 1.06 bits per heavy atom. The predicted molar refractivity (Wildman–Crippen MR) is 105 cm³/mol. The zero-order valence-electron chi connectivity index (χ0n) is 17.7. The second kappa shape index (κ2) is 8.98. The van der Waals surface area contributed by atoms with E-state index in [-0.39, 0.29) is 24.7 Å². The van der Waals surface area contributed by atoms with E-state index in [9.17, 15) is 36.2 Å². The zero-order valence-corrected chi connectivity index (χ0v) is 17.7. The third kappa shape index (κ3) is 5.50. The quantitative estimate of drug-likeness (QED) is 0.506. The molecular formula is C23H22F6O4. The van der Waals surface area contributed by atoms with Gasteiger partial charge in [0.1, 0.15) is 0 Å². The van der Waals surface area contributed by atoms with Gasteiger partial charge in [-0.25, -0.2) is 0 Å². The molecule has 0 radical (unpaired) electrons. The highest BCUT2D eigenvalue weighted by molar-refractivity contribution is 5.72. The van der Waals surface area contributed by atoms with Crippen LogP contribution in [-0.2, 0) is 26.6 Å². The highest BCUT2D eigenvalue weighted by atomic mass is 19.4. The standard InChI is InChI=1S/C23H22F6O4/c1-13(15-10-16(22(24,25)26)12-17(11-15)23(27,28)29)33-21(2)19(14-6-4-3-5-7-14)18(20(30)31)8-9-32-21/h3-7,10-13,18-19H,8-9H2,1-2H3,(H,30,31)/t13-,18-,19+,21-/m1/s1. The summed E-state index contributed by atoms with van der Waals surface area (Å²) >= 11 is 0. The fourth-order valence-corrected chi connectivity index (χ4v) is 4.21. The number of benzene rings is 2. The maximum atomic E-state index is 13.3. The first-order valence-electron chi connectivity index (χ1n) is 10.1. The molecule has 2 aromatic carbocycles. The summed E-state index contributed by atoms with van der Waals surface area (Å²) in [5, 5.41) is 9.74. The lowest BCUT2D eigenvalue weighted by Gasteiger charge is -2.45. The lowest BCUT2D eigenvalue weighted by molar-refractivity contribution is -0.284. The summed E-state index contributed by atoms with van der Waals surface area (Å²) in [6.07, 6.45) is -11.1. The van der Waals surface area contributed by atoms with Crippen LogP contribution in [0.4, 0.5) is 26.3 Å². The number of rotatable bonds is 5. The maximum absolute atomic E-state index is 13.3. The average molecular weight is 476 g/mol. The van der Waals surface area contributed by atoms with Gasteiger partial charge in [-0.1, -0.05) is 30.3 Å². The minimum atomic E-state index is -5.00. The van der Waals surface area contributed by atoms with Gasteiger partial charge in [-0.15, -0.1) is 0 Å². The van der Waals surface area contributed by atoms with E-state index in [1.807, 2.05) is 0 Å². The highest BCUT2D eigenvalue weighted by Crippen LogP contribution is 2.46. The molecule has 2 aromatic rings. The molecule has 10 heteroatoms.